The number of hydrogen-bond acceptors (Lipinski definition) is 5. The summed E-state index contributed by atoms with van der Waals surface area (Å²) in [5, 5.41) is 9.46. The minimum atomic E-state index is 0. The van der Waals surface area contributed by atoms with Crippen molar-refractivity contribution in [2.45, 2.75) is 36.7 Å². The number of halogens is 2. The molecular weight excluding hydrogens is 329 g/mol. The van der Waals surface area contributed by atoms with Crippen molar-refractivity contribution in [3.8, 4) is 0 Å². The van der Waals surface area contributed by atoms with Crippen LogP contribution in [0.1, 0.15) is 30.7 Å². The fraction of sp³-hybridized carbons (Fsp3) is 0.429. The summed E-state index contributed by atoms with van der Waals surface area (Å²) in [5.41, 5.74) is 6.64. The fourth-order valence-corrected chi connectivity index (χ4v) is 2.58. The van der Waals surface area contributed by atoms with Crippen LogP contribution in [0.4, 0.5) is 0 Å². The molecule has 0 fully saturated rings. The largest absolute Gasteiger partial charge is 0.416 e. The van der Waals surface area contributed by atoms with Gasteiger partial charge in [-0.1, -0.05) is 41.9 Å². The first-order chi connectivity index (χ1) is 9.78. The van der Waals surface area contributed by atoms with E-state index in [9.17, 15) is 0 Å². The van der Waals surface area contributed by atoms with Gasteiger partial charge in [-0.3, -0.25) is 0 Å². The highest BCUT2D eigenvalue weighted by atomic mass is 35.5. The Balaban J connectivity index is 0.00000220. The van der Waals surface area contributed by atoms with E-state index in [1.807, 2.05) is 24.3 Å². The molecular formula is C14H19Cl2N3OS. The Kier molecular flexibility index (Phi) is 8.76. The monoisotopic (exact) mass is 347 g/mol. The molecule has 1 heterocycles. The van der Waals surface area contributed by atoms with Crippen molar-refractivity contribution < 1.29 is 4.42 Å². The van der Waals surface area contributed by atoms with Gasteiger partial charge in [0.15, 0.2) is 0 Å². The number of unbranched alkanes of at least 4 members (excludes halogenated alkanes) is 2. The number of hydrogen-bond donors (Lipinski definition) is 1. The third-order valence-electron chi connectivity index (χ3n) is 2.82. The lowest BCUT2D eigenvalue weighted by Crippen LogP contribution is -1.98. The zero-order valence-electron chi connectivity index (χ0n) is 11.6. The number of benzene rings is 1. The van der Waals surface area contributed by atoms with E-state index >= 15 is 0 Å². The Morgan fingerprint density at radius 3 is 2.57 bits per heavy atom. The predicted octanol–water partition coefficient (Wildman–Crippen LogP) is 4.11. The molecule has 2 aromatic rings. The lowest BCUT2D eigenvalue weighted by Gasteiger charge is -1.98. The quantitative estimate of drug-likeness (QED) is 0.574. The third-order valence-corrected chi connectivity index (χ3v) is 3.96. The molecule has 2 N–H and O–H groups in total. The average molecular weight is 348 g/mol. The van der Waals surface area contributed by atoms with E-state index in [-0.39, 0.29) is 12.4 Å². The van der Waals surface area contributed by atoms with Crippen molar-refractivity contribution in [2.24, 2.45) is 5.73 Å². The molecule has 0 spiro atoms. The van der Waals surface area contributed by atoms with Crippen molar-refractivity contribution in [2.75, 3.05) is 6.54 Å². The van der Waals surface area contributed by atoms with Gasteiger partial charge in [-0.15, -0.1) is 22.6 Å². The van der Waals surface area contributed by atoms with Crippen molar-refractivity contribution in [3.63, 3.8) is 0 Å². The van der Waals surface area contributed by atoms with E-state index in [4.69, 9.17) is 21.8 Å². The first-order valence-electron chi connectivity index (χ1n) is 6.67. The topological polar surface area (TPSA) is 64.9 Å². The summed E-state index contributed by atoms with van der Waals surface area (Å²) < 4.78 is 5.59. The van der Waals surface area contributed by atoms with Gasteiger partial charge in [-0.2, -0.15) is 0 Å². The van der Waals surface area contributed by atoms with Crippen LogP contribution in [-0.4, -0.2) is 16.7 Å². The molecule has 0 aliphatic carbocycles. The maximum absolute atomic E-state index is 5.85. The van der Waals surface area contributed by atoms with Crippen LogP contribution < -0.4 is 5.73 Å². The van der Waals surface area contributed by atoms with E-state index < -0.39 is 0 Å². The van der Waals surface area contributed by atoms with Gasteiger partial charge in [0.1, 0.15) is 0 Å². The number of rotatable bonds is 8. The van der Waals surface area contributed by atoms with Gasteiger partial charge in [0.05, 0.1) is 0 Å². The van der Waals surface area contributed by atoms with Gasteiger partial charge < -0.3 is 10.2 Å². The molecule has 0 radical (unpaired) electrons. The SMILES string of the molecule is Cl.NCCCCCc1nnc(SCc2ccc(Cl)cc2)o1. The van der Waals surface area contributed by atoms with E-state index in [1.165, 1.54) is 5.56 Å². The molecule has 2 rings (SSSR count). The van der Waals surface area contributed by atoms with Crippen molar-refractivity contribution in [1.29, 1.82) is 0 Å². The van der Waals surface area contributed by atoms with E-state index in [0.29, 0.717) is 11.1 Å². The molecule has 21 heavy (non-hydrogen) atoms. The first-order valence-corrected chi connectivity index (χ1v) is 8.04. The Hall–Kier alpha value is -0.750. The standard InChI is InChI=1S/C14H18ClN3OS.ClH/c15-12-7-5-11(6-8-12)10-20-14-18-17-13(19-14)4-2-1-3-9-16;/h5-8H,1-4,9-10,16H2;1H. The maximum atomic E-state index is 5.85. The van der Waals surface area contributed by atoms with Gasteiger partial charge in [0, 0.05) is 17.2 Å². The molecule has 1 aromatic heterocycles. The highest BCUT2D eigenvalue weighted by Gasteiger charge is 2.06. The predicted molar refractivity (Wildman–Crippen MR) is 89.2 cm³/mol. The van der Waals surface area contributed by atoms with Gasteiger partial charge in [0.25, 0.3) is 5.22 Å². The van der Waals surface area contributed by atoms with Crippen LogP contribution in [0, 0.1) is 0 Å². The molecule has 0 bridgehead atoms. The van der Waals surface area contributed by atoms with Crippen LogP contribution in [0.2, 0.25) is 5.02 Å². The van der Waals surface area contributed by atoms with Gasteiger partial charge in [-0.05, 0) is 37.1 Å². The summed E-state index contributed by atoms with van der Waals surface area (Å²) in [6, 6.07) is 7.77. The van der Waals surface area contributed by atoms with Crippen LogP contribution in [0.5, 0.6) is 0 Å². The highest BCUT2D eigenvalue weighted by molar-refractivity contribution is 7.98. The normalized spacial score (nSPS) is 10.4. The number of aryl methyl sites for hydroxylation is 1. The van der Waals surface area contributed by atoms with E-state index in [1.54, 1.807) is 11.8 Å². The van der Waals surface area contributed by atoms with Crippen molar-refractivity contribution in [3.05, 3.63) is 40.7 Å². The van der Waals surface area contributed by atoms with Crippen molar-refractivity contribution in [1.82, 2.24) is 10.2 Å². The molecule has 0 aliphatic rings. The Labute approximate surface area is 140 Å². The lowest BCUT2D eigenvalue weighted by molar-refractivity contribution is 0.407. The Morgan fingerprint density at radius 2 is 1.86 bits per heavy atom. The van der Waals surface area contributed by atoms with Gasteiger partial charge in [0.2, 0.25) is 5.89 Å². The second-order valence-corrected chi connectivity index (χ2v) is 5.84. The Morgan fingerprint density at radius 1 is 1.10 bits per heavy atom. The lowest BCUT2D eigenvalue weighted by atomic mass is 10.2. The molecule has 116 valence electrons. The zero-order valence-corrected chi connectivity index (χ0v) is 14.0. The maximum Gasteiger partial charge on any atom is 0.276 e. The van der Waals surface area contributed by atoms with Crippen LogP contribution >= 0.6 is 35.8 Å². The molecule has 0 unspecified atom stereocenters. The number of thioether (sulfide) groups is 1. The minimum Gasteiger partial charge on any atom is -0.416 e. The highest BCUT2D eigenvalue weighted by Crippen LogP contribution is 2.22. The third kappa shape index (κ3) is 6.70. The second kappa shape index (κ2) is 10.1. The molecule has 4 nitrogen and oxygen atoms in total. The molecule has 7 heteroatoms. The molecule has 0 amide bonds. The van der Waals surface area contributed by atoms with Crippen LogP contribution in [0.3, 0.4) is 0 Å². The molecule has 0 saturated heterocycles. The Bertz CT molecular complexity index is 519. The van der Waals surface area contributed by atoms with Crippen LogP contribution in [-0.2, 0) is 12.2 Å². The fourth-order valence-electron chi connectivity index (χ4n) is 1.72. The zero-order chi connectivity index (χ0) is 14.2. The molecule has 0 atom stereocenters. The summed E-state index contributed by atoms with van der Waals surface area (Å²) in [6.07, 6.45) is 4.02. The summed E-state index contributed by atoms with van der Waals surface area (Å²) in [5.74, 6) is 1.51. The molecule has 0 saturated carbocycles. The average Bonchev–Trinajstić information content (AvgIpc) is 2.91. The van der Waals surface area contributed by atoms with Crippen molar-refractivity contribution >= 4 is 35.8 Å². The number of nitrogens with two attached hydrogens (primary N) is 1. The summed E-state index contributed by atoms with van der Waals surface area (Å²) in [4.78, 5) is 0. The first kappa shape index (κ1) is 18.3. The minimum absolute atomic E-state index is 0. The second-order valence-electron chi connectivity index (χ2n) is 4.48. The van der Waals surface area contributed by atoms with E-state index in [2.05, 4.69) is 10.2 Å². The van der Waals surface area contributed by atoms with E-state index in [0.717, 1.165) is 43.0 Å². The number of nitrogens with zero attached hydrogens (tertiary/aromatic N) is 2. The van der Waals surface area contributed by atoms with Crippen LogP contribution in [0.25, 0.3) is 0 Å². The summed E-state index contributed by atoms with van der Waals surface area (Å²) in [7, 11) is 0. The smallest absolute Gasteiger partial charge is 0.276 e. The number of aromatic nitrogens is 2. The van der Waals surface area contributed by atoms with Gasteiger partial charge in [-0.25, -0.2) is 0 Å². The van der Waals surface area contributed by atoms with Crippen LogP contribution in [0.15, 0.2) is 33.9 Å². The molecule has 0 aliphatic heterocycles. The van der Waals surface area contributed by atoms with Gasteiger partial charge >= 0.3 is 0 Å². The molecule has 1 aromatic carbocycles. The summed E-state index contributed by atoms with van der Waals surface area (Å²) in [6.45, 7) is 0.742. The summed E-state index contributed by atoms with van der Waals surface area (Å²) >= 11 is 7.39.